The van der Waals surface area contributed by atoms with Gasteiger partial charge in [-0.1, -0.05) is 19.1 Å². The fourth-order valence-corrected chi connectivity index (χ4v) is 2.58. The van der Waals surface area contributed by atoms with Gasteiger partial charge in [0.05, 0.1) is 0 Å². The molecule has 0 spiro atoms. The highest BCUT2D eigenvalue weighted by molar-refractivity contribution is 5.86. The topological polar surface area (TPSA) is 57.6 Å². The van der Waals surface area contributed by atoms with E-state index in [2.05, 4.69) is 0 Å². The summed E-state index contributed by atoms with van der Waals surface area (Å²) >= 11 is 0. The molecule has 0 aliphatic heterocycles. The van der Waals surface area contributed by atoms with E-state index in [0.717, 1.165) is 5.56 Å². The summed E-state index contributed by atoms with van der Waals surface area (Å²) in [4.78, 5) is 24.9. The van der Waals surface area contributed by atoms with Crippen molar-refractivity contribution in [3.8, 4) is 0 Å². The molecule has 5 heteroatoms. The van der Waals surface area contributed by atoms with E-state index < -0.39 is 5.97 Å². The third-order valence-electron chi connectivity index (χ3n) is 4.12. The molecule has 0 radical (unpaired) electrons. The second-order valence-corrected chi connectivity index (χ2v) is 5.62. The number of benzene rings is 1. The van der Waals surface area contributed by atoms with E-state index in [4.69, 9.17) is 5.11 Å². The quantitative estimate of drug-likeness (QED) is 0.877. The average Bonchev–Trinajstić information content (AvgIpc) is 3.24. The third kappa shape index (κ3) is 3.60. The van der Waals surface area contributed by atoms with Gasteiger partial charge in [-0.25, -0.2) is 4.39 Å². The van der Waals surface area contributed by atoms with Gasteiger partial charge in [0.25, 0.3) is 0 Å². The molecule has 1 saturated carbocycles. The van der Waals surface area contributed by atoms with Crippen LogP contribution in [0.15, 0.2) is 24.3 Å². The lowest BCUT2D eigenvalue weighted by Gasteiger charge is -2.27. The van der Waals surface area contributed by atoms with E-state index in [0.29, 0.717) is 12.8 Å². The van der Waals surface area contributed by atoms with Crippen LogP contribution in [0.5, 0.6) is 0 Å². The van der Waals surface area contributed by atoms with E-state index in [9.17, 15) is 14.0 Å². The van der Waals surface area contributed by atoms with Crippen LogP contribution in [0.3, 0.4) is 0 Å². The number of carbonyl (C=O) groups is 2. The SMILES string of the molecule is CCC(C)N(CC(=O)O)C(=O)C1CC1c1ccc(F)cc1. The second-order valence-electron chi connectivity index (χ2n) is 5.62. The van der Waals surface area contributed by atoms with Gasteiger partial charge in [0.1, 0.15) is 12.4 Å². The fraction of sp³-hybridized carbons (Fsp3) is 0.500. The largest absolute Gasteiger partial charge is 0.480 e. The minimum Gasteiger partial charge on any atom is -0.480 e. The maximum absolute atomic E-state index is 12.9. The van der Waals surface area contributed by atoms with E-state index >= 15 is 0 Å². The number of carboxylic acids is 1. The molecule has 4 nitrogen and oxygen atoms in total. The number of amides is 1. The Morgan fingerprint density at radius 2 is 2.00 bits per heavy atom. The summed E-state index contributed by atoms with van der Waals surface area (Å²) in [5.74, 6) is -1.50. The van der Waals surface area contributed by atoms with Crippen LogP contribution >= 0.6 is 0 Å². The molecule has 0 bridgehead atoms. The Balaban J connectivity index is 2.05. The molecule has 2 rings (SSSR count). The van der Waals surface area contributed by atoms with Gasteiger partial charge in [0.15, 0.2) is 0 Å². The van der Waals surface area contributed by atoms with Gasteiger partial charge in [-0.15, -0.1) is 0 Å². The van der Waals surface area contributed by atoms with E-state index in [1.165, 1.54) is 17.0 Å². The number of halogens is 1. The molecule has 1 fully saturated rings. The van der Waals surface area contributed by atoms with Crippen molar-refractivity contribution in [1.82, 2.24) is 4.90 Å². The normalized spacial score (nSPS) is 21.7. The van der Waals surface area contributed by atoms with Crippen LogP contribution in [0.4, 0.5) is 4.39 Å². The summed E-state index contributed by atoms with van der Waals surface area (Å²) in [5.41, 5.74) is 0.939. The number of carboxylic acid groups (broad SMARTS) is 1. The molecule has 1 aliphatic rings. The van der Waals surface area contributed by atoms with Crippen molar-refractivity contribution in [3.05, 3.63) is 35.6 Å². The molecular formula is C16H20FNO3. The van der Waals surface area contributed by atoms with E-state index in [1.807, 2.05) is 13.8 Å². The van der Waals surface area contributed by atoms with Crippen molar-refractivity contribution in [2.24, 2.45) is 5.92 Å². The molecular weight excluding hydrogens is 273 g/mol. The molecule has 1 amide bonds. The van der Waals surface area contributed by atoms with Crippen LogP contribution in [0.25, 0.3) is 0 Å². The smallest absolute Gasteiger partial charge is 0.323 e. The predicted octanol–water partition coefficient (Wildman–Crippen LogP) is 2.64. The molecule has 0 saturated heterocycles. The summed E-state index contributed by atoms with van der Waals surface area (Å²) in [5, 5.41) is 8.96. The Bertz CT molecular complexity index is 529. The number of carbonyl (C=O) groups excluding carboxylic acids is 1. The van der Waals surface area contributed by atoms with Gasteiger partial charge in [0, 0.05) is 12.0 Å². The van der Waals surface area contributed by atoms with Crippen molar-refractivity contribution in [2.75, 3.05) is 6.54 Å². The van der Waals surface area contributed by atoms with Gasteiger partial charge in [0.2, 0.25) is 5.91 Å². The van der Waals surface area contributed by atoms with Gasteiger partial charge in [-0.3, -0.25) is 9.59 Å². The first-order chi connectivity index (χ1) is 9.93. The molecule has 0 heterocycles. The Labute approximate surface area is 123 Å². The number of rotatable bonds is 6. The Kier molecular flexibility index (Phi) is 4.60. The van der Waals surface area contributed by atoms with Crippen molar-refractivity contribution in [2.45, 2.75) is 38.6 Å². The first kappa shape index (κ1) is 15.5. The van der Waals surface area contributed by atoms with Gasteiger partial charge < -0.3 is 10.0 Å². The monoisotopic (exact) mass is 293 g/mol. The lowest BCUT2D eigenvalue weighted by atomic mass is 10.1. The molecule has 0 aromatic heterocycles. The number of nitrogens with zero attached hydrogens (tertiary/aromatic N) is 1. The second kappa shape index (κ2) is 6.24. The van der Waals surface area contributed by atoms with E-state index in [-0.39, 0.29) is 36.1 Å². The molecule has 3 atom stereocenters. The number of hydrogen-bond acceptors (Lipinski definition) is 2. The fourth-order valence-electron chi connectivity index (χ4n) is 2.58. The maximum Gasteiger partial charge on any atom is 0.323 e. The van der Waals surface area contributed by atoms with Crippen molar-refractivity contribution < 1.29 is 19.1 Å². The minimum absolute atomic E-state index is 0.0819. The molecule has 21 heavy (non-hydrogen) atoms. The summed E-state index contributed by atoms with van der Waals surface area (Å²) in [6, 6.07) is 6.07. The minimum atomic E-state index is -0.998. The van der Waals surface area contributed by atoms with E-state index in [1.54, 1.807) is 12.1 Å². The molecule has 1 N–H and O–H groups in total. The Morgan fingerprint density at radius 3 is 2.52 bits per heavy atom. The lowest BCUT2D eigenvalue weighted by Crippen LogP contribution is -2.42. The van der Waals surface area contributed by atoms with Crippen molar-refractivity contribution in [3.63, 3.8) is 0 Å². The highest BCUT2D eigenvalue weighted by Gasteiger charge is 2.46. The maximum atomic E-state index is 12.9. The molecule has 1 aliphatic carbocycles. The number of aliphatic carboxylic acids is 1. The van der Waals surface area contributed by atoms with Gasteiger partial charge in [-0.2, -0.15) is 0 Å². The summed E-state index contributed by atoms with van der Waals surface area (Å²) < 4.78 is 12.9. The van der Waals surface area contributed by atoms with Crippen LogP contribution in [0, 0.1) is 11.7 Å². The van der Waals surface area contributed by atoms with Crippen LogP contribution < -0.4 is 0 Å². The van der Waals surface area contributed by atoms with Crippen LogP contribution in [-0.2, 0) is 9.59 Å². The van der Waals surface area contributed by atoms with Crippen molar-refractivity contribution in [1.29, 1.82) is 0 Å². The standard InChI is InChI=1S/C16H20FNO3/c1-3-10(2)18(9-15(19)20)16(21)14-8-13(14)11-4-6-12(17)7-5-11/h4-7,10,13-14H,3,8-9H2,1-2H3,(H,19,20). The Hall–Kier alpha value is -1.91. The van der Waals surface area contributed by atoms with Crippen LogP contribution in [0.2, 0.25) is 0 Å². The summed E-state index contributed by atoms with van der Waals surface area (Å²) in [6.07, 6.45) is 1.42. The third-order valence-corrected chi connectivity index (χ3v) is 4.12. The van der Waals surface area contributed by atoms with Crippen molar-refractivity contribution >= 4 is 11.9 Å². The zero-order chi connectivity index (χ0) is 15.6. The van der Waals surface area contributed by atoms with Crippen LogP contribution in [0.1, 0.15) is 38.2 Å². The zero-order valence-electron chi connectivity index (χ0n) is 12.3. The predicted molar refractivity (Wildman–Crippen MR) is 76.3 cm³/mol. The summed E-state index contributed by atoms with van der Waals surface area (Å²) in [7, 11) is 0. The van der Waals surface area contributed by atoms with Crippen LogP contribution in [-0.4, -0.2) is 34.5 Å². The first-order valence-electron chi connectivity index (χ1n) is 7.21. The molecule has 3 unspecified atom stereocenters. The molecule has 1 aromatic carbocycles. The Morgan fingerprint density at radius 1 is 1.38 bits per heavy atom. The first-order valence-corrected chi connectivity index (χ1v) is 7.21. The van der Waals surface area contributed by atoms with Gasteiger partial charge >= 0.3 is 5.97 Å². The number of hydrogen-bond donors (Lipinski definition) is 1. The molecule has 114 valence electrons. The lowest BCUT2D eigenvalue weighted by molar-refractivity contribution is -0.146. The zero-order valence-corrected chi connectivity index (χ0v) is 12.3. The molecule has 1 aromatic rings. The highest BCUT2D eigenvalue weighted by Crippen LogP contribution is 2.48. The summed E-state index contributed by atoms with van der Waals surface area (Å²) in [6.45, 7) is 3.52. The van der Waals surface area contributed by atoms with Gasteiger partial charge in [-0.05, 0) is 43.4 Å². The average molecular weight is 293 g/mol. The highest BCUT2D eigenvalue weighted by atomic mass is 19.1.